The van der Waals surface area contributed by atoms with Crippen LogP contribution in [0, 0.1) is 3.57 Å². The molecule has 1 aromatic rings. The molecular formula is C15H19IN2O. The molecule has 0 aliphatic carbocycles. The Kier molecular flexibility index (Phi) is 3.80. The zero-order valence-electron chi connectivity index (χ0n) is 11.2. The highest BCUT2D eigenvalue weighted by Crippen LogP contribution is 2.29. The molecule has 0 aromatic heterocycles. The Bertz CT molecular complexity index is 474. The summed E-state index contributed by atoms with van der Waals surface area (Å²) in [6, 6.07) is 9.13. The summed E-state index contributed by atoms with van der Waals surface area (Å²) in [6.07, 6.45) is 3.65. The number of halogens is 1. The summed E-state index contributed by atoms with van der Waals surface area (Å²) in [5, 5.41) is 0. The second-order valence-corrected chi connectivity index (χ2v) is 6.84. The summed E-state index contributed by atoms with van der Waals surface area (Å²) in [7, 11) is 2.21. The average molecular weight is 370 g/mol. The quantitative estimate of drug-likeness (QED) is 0.710. The summed E-state index contributed by atoms with van der Waals surface area (Å²) in [6.45, 7) is 1.79. The molecule has 0 saturated carbocycles. The van der Waals surface area contributed by atoms with Gasteiger partial charge in [0.15, 0.2) is 0 Å². The highest BCUT2D eigenvalue weighted by molar-refractivity contribution is 14.1. The normalized spacial score (nSPS) is 27.4. The van der Waals surface area contributed by atoms with Crippen LogP contribution < -0.4 is 0 Å². The molecule has 2 fully saturated rings. The monoisotopic (exact) mass is 370 g/mol. The molecule has 0 N–H and O–H groups in total. The second kappa shape index (κ2) is 5.40. The number of carbonyl (C=O) groups excluding carboxylic acids is 1. The van der Waals surface area contributed by atoms with E-state index in [1.165, 1.54) is 16.4 Å². The van der Waals surface area contributed by atoms with Crippen molar-refractivity contribution < 1.29 is 4.79 Å². The fourth-order valence-corrected chi connectivity index (χ4v) is 3.63. The van der Waals surface area contributed by atoms with Gasteiger partial charge in [-0.05, 0) is 73.2 Å². The van der Waals surface area contributed by atoms with Crippen LogP contribution in [0.5, 0.6) is 0 Å². The van der Waals surface area contributed by atoms with Gasteiger partial charge in [0.05, 0.1) is 0 Å². The number of benzene rings is 1. The molecule has 4 heteroatoms. The molecule has 1 aromatic carbocycles. The summed E-state index contributed by atoms with van der Waals surface area (Å²) in [4.78, 5) is 17.1. The zero-order chi connectivity index (χ0) is 13.4. The highest BCUT2D eigenvalue weighted by atomic mass is 127. The molecule has 0 radical (unpaired) electrons. The fourth-order valence-electron chi connectivity index (χ4n) is 3.27. The lowest BCUT2D eigenvalue weighted by Crippen LogP contribution is -2.39. The summed E-state index contributed by atoms with van der Waals surface area (Å²) >= 11 is 2.27. The predicted octanol–water partition coefficient (Wildman–Crippen LogP) is 2.60. The van der Waals surface area contributed by atoms with Crippen molar-refractivity contribution in [1.29, 1.82) is 0 Å². The first-order valence-electron chi connectivity index (χ1n) is 6.92. The fraction of sp³-hybridized carbons (Fsp3) is 0.533. The van der Waals surface area contributed by atoms with E-state index in [1.807, 2.05) is 29.2 Å². The van der Waals surface area contributed by atoms with Crippen molar-refractivity contribution in [2.75, 3.05) is 20.1 Å². The third-order valence-electron chi connectivity index (χ3n) is 4.53. The number of hydrogen-bond acceptors (Lipinski definition) is 2. The lowest BCUT2D eigenvalue weighted by Gasteiger charge is -2.25. The maximum Gasteiger partial charge on any atom is 0.253 e. The third kappa shape index (κ3) is 2.65. The van der Waals surface area contributed by atoms with Crippen LogP contribution in [0.4, 0.5) is 0 Å². The van der Waals surface area contributed by atoms with E-state index in [0.717, 1.165) is 25.1 Å². The van der Waals surface area contributed by atoms with Crippen molar-refractivity contribution >= 4 is 28.5 Å². The molecule has 1 amide bonds. The van der Waals surface area contributed by atoms with Crippen molar-refractivity contribution in [3.63, 3.8) is 0 Å². The standard InChI is InChI=1S/C15H19IN2O/c1-17-13-6-7-14(17)10-18(9-8-13)15(19)11-2-4-12(16)5-3-11/h2-5,13-14H,6-10H2,1H3. The first-order valence-corrected chi connectivity index (χ1v) is 8.00. The zero-order valence-corrected chi connectivity index (χ0v) is 13.3. The molecule has 0 spiro atoms. The van der Waals surface area contributed by atoms with Gasteiger partial charge in [0.2, 0.25) is 0 Å². The predicted molar refractivity (Wildman–Crippen MR) is 84.3 cm³/mol. The van der Waals surface area contributed by atoms with Gasteiger partial charge in [0.1, 0.15) is 0 Å². The van der Waals surface area contributed by atoms with Gasteiger partial charge in [-0.3, -0.25) is 9.69 Å². The van der Waals surface area contributed by atoms with E-state index in [1.54, 1.807) is 0 Å². The lowest BCUT2D eigenvalue weighted by atomic mass is 10.1. The van der Waals surface area contributed by atoms with E-state index >= 15 is 0 Å². The van der Waals surface area contributed by atoms with E-state index < -0.39 is 0 Å². The molecule has 3 nitrogen and oxygen atoms in total. The minimum atomic E-state index is 0.192. The minimum absolute atomic E-state index is 0.192. The first-order chi connectivity index (χ1) is 9.15. The molecule has 2 aliphatic rings. The van der Waals surface area contributed by atoms with Gasteiger partial charge in [-0.15, -0.1) is 0 Å². The van der Waals surface area contributed by atoms with Crippen LogP contribution in [0.3, 0.4) is 0 Å². The SMILES string of the molecule is CN1C2CCC1CN(C(=O)c1ccc(I)cc1)CC2. The Morgan fingerprint density at radius 2 is 1.84 bits per heavy atom. The smallest absolute Gasteiger partial charge is 0.253 e. The molecular weight excluding hydrogens is 351 g/mol. The molecule has 2 saturated heterocycles. The molecule has 2 aliphatic heterocycles. The number of likely N-dealkylation sites (tertiary alicyclic amines) is 1. The van der Waals surface area contributed by atoms with Crippen LogP contribution in [-0.2, 0) is 0 Å². The van der Waals surface area contributed by atoms with E-state index in [9.17, 15) is 4.79 Å². The van der Waals surface area contributed by atoms with Gasteiger partial charge in [-0.25, -0.2) is 0 Å². The van der Waals surface area contributed by atoms with E-state index in [2.05, 4.69) is 34.5 Å². The van der Waals surface area contributed by atoms with E-state index in [4.69, 9.17) is 0 Å². The maximum atomic E-state index is 12.6. The number of likely N-dealkylation sites (N-methyl/N-ethyl adjacent to an activating group) is 1. The average Bonchev–Trinajstić information content (AvgIpc) is 2.63. The van der Waals surface area contributed by atoms with Crippen molar-refractivity contribution in [3.05, 3.63) is 33.4 Å². The number of hydrogen-bond donors (Lipinski definition) is 0. The van der Waals surface area contributed by atoms with Crippen LogP contribution in [0.2, 0.25) is 0 Å². The van der Waals surface area contributed by atoms with Gasteiger partial charge in [-0.2, -0.15) is 0 Å². The van der Waals surface area contributed by atoms with Crippen LogP contribution in [0.25, 0.3) is 0 Å². The number of amides is 1. The molecule has 2 atom stereocenters. The van der Waals surface area contributed by atoms with E-state index in [0.29, 0.717) is 12.1 Å². The first kappa shape index (κ1) is 13.4. The maximum absolute atomic E-state index is 12.6. The molecule has 2 unspecified atom stereocenters. The van der Waals surface area contributed by atoms with Crippen LogP contribution >= 0.6 is 22.6 Å². The van der Waals surface area contributed by atoms with Crippen LogP contribution in [0.1, 0.15) is 29.6 Å². The largest absolute Gasteiger partial charge is 0.337 e. The highest BCUT2D eigenvalue weighted by Gasteiger charge is 2.36. The lowest BCUT2D eigenvalue weighted by molar-refractivity contribution is 0.0740. The van der Waals surface area contributed by atoms with Gasteiger partial charge in [0.25, 0.3) is 5.91 Å². The van der Waals surface area contributed by atoms with Gasteiger partial charge in [-0.1, -0.05) is 0 Å². The summed E-state index contributed by atoms with van der Waals surface area (Å²) < 4.78 is 1.17. The van der Waals surface area contributed by atoms with Crippen molar-refractivity contribution in [1.82, 2.24) is 9.80 Å². The Hall–Kier alpha value is -0.620. The van der Waals surface area contributed by atoms with Crippen molar-refractivity contribution in [3.8, 4) is 0 Å². The molecule has 2 heterocycles. The number of fused-ring (bicyclic) bond motifs is 2. The molecule has 102 valence electrons. The topological polar surface area (TPSA) is 23.6 Å². The Labute approximate surface area is 128 Å². The summed E-state index contributed by atoms with van der Waals surface area (Å²) in [5.74, 6) is 0.192. The van der Waals surface area contributed by atoms with Crippen molar-refractivity contribution in [2.45, 2.75) is 31.3 Å². The Morgan fingerprint density at radius 3 is 2.58 bits per heavy atom. The Morgan fingerprint density at radius 1 is 1.16 bits per heavy atom. The van der Waals surface area contributed by atoms with Gasteiger partial charge >= 0.3 is 0 Å². The molecule has 2 bridgehead atoms. The Balaban J connectivity index is 1.75. The number of nitrogens with zero attached hydrogens (tertiary/aromatic N) is 2. The number of carbonyl (C=O) groups is 1. The summed E-state index contributed by atoms with van der Waals surface area (Å²) in [5.41, 5.74) is 0.820. The second-order valence-electron chi connectivity index (χ2n) is 5.60. The van der Waals surface area contributed by atoms with Crippen LogP contribution in [-0.4, -0.2) is 47.9 Å². The van der Waals surface area contributed by atoms with Crippen molar-refractivity contribution in [2.24, 2.45) is 0 Å². The molecule has 19 heavy (non-hydrogen) atoms. The third-order valence-corrected chi connectivity index (χ3v) is 5.25. The van der Waals surface area contributed by atoms with Crippen LogP contribution in [0.15, 0.2) is 24.3 Å². The van der Waals surface area contributed by atoms with Gasteiger partial charge in [0, 0.05) is 34.3 Å². The minimum Gasteiger partial charge on any atom is -0.337 e. The molecule has 3 rings (SSSR count). The number of rotatable bonds is 1. The van der Waals surface area contributed by atoms with E-state index in [-0.39, 0.29) is 5.91 Å². The van der Waals surface area contributed by atoms with Gasteiger partial charge < -0.3 is 4.90 Å².